The summed E-state index contributed by atoms with van der Waals surface area (Å²) < 4.78 is 1.58. The largest absolute Gasteiger partial charge is 1.00 e. The molecule has 0 fully saturated rings. The van der Waals surface area contributed by atoms with Crippen molar-refractivity contribution in [2.75, 3.05) is 0 Å². The van der Waals surface area contributed by atoms with E-state index in [1.165, 1.54) is 0 Å². The van der Waals surface area contributed by atoms with Gasteiger partial charge in [-0.3, -0.25) is 4.68 Å². The topological polar surface area (TPSA) is 30.7 Å². The molecule has 0 radical (unpaired) electrons. The van der Waals surface area contributed by atoms with Crippen molar-refractivity contribution >= 4 is 0 Å². The fraction of sp³-hybridized carbons (Fsp3) is 0.333. The van der Waals surface area contributed by atoms with Crippen LogP contribution in [0.5, 0.6) is 0 Å². The Morgan fingerprint density at radius 1 is 1.71 bits per heavy atom. The molecule has 0 spiro atoms. The molecule has 0 amide bonds. The SMILES string of the molecule is Cn1c[c-]nn1.[Li+]. The number of hydrogen-bond acceptors (Lipinski definition) is 2. The van der Waals surface area contributed by atoms with Gasteiger partial charge in [-0.15, -0.1) is 11.4 Å². The first-order valence-corrected chi connectivity index (χ1v) is 1.62. The van der Waals surface area contributed by atoms with Crippen LogP contribution in [0.15, 0.2) is 6.20 Å². The number of aryl methyl sites for hydroxylation is 1. The summed E-state index contributed by atoms with van der Waals surface area (Å²) in [5, 5.41) is 6.94. The maximum Gasteiger partial charge on any atom is 1.00 e. The molecule has 0 atom stereocenters. The minimum atomic E-state index is 0. The van der Waals surface area contributed by atoms with Crippen LogP contribution in [-0.4, -0.2) is 15.0 Å². The van der Waals surface area contributed by atoms with Gasteiger partial charge in [-0.05, 0) is 0 Å². The summed E-state index contributed by atoms with van der Waals surface area (Å²) in [6.45, 7) is 0. The Balaban J connectivity index is 0.000000360. The van der Waals surface area contributed by atoms with Gasteiger partial charge in [0.2, 0.25) is 0 Å². The summed E-state index contributed by atoms with van der Waals surface area (Å²) >= 11 is 0. The molecule has 1 aromatic rings. The molecule has 0 saturated heterocycles. The molecule has 1 rings (SSSR count). The van der Waals surface area contributed by atoms with Gasteiger partial charge in [0.05, 0.1) is 0 Å². The smallest absolute Gasteiger partial charge is 0.352 e. The van der Waals surface area contributed by atoms with Crippen LogP contribution in [0.1, 0.15) is 0 Å². The van der Waals surface area contributed by atoms with Crippen molar-refractivity contribution in [3.05, 3.63) is 12.4 Å². The first-order chi connectivity index (χ1) is 2.89. The van der Waals surface area contributed by atoms with E-state index in [1.54, 1.807) is 17.9 Å². The quantitative estimate of drug-likeness (QED) is 0.245. The normalized spacial score (nSPS) is 7.57. The molecule has 0 unspecified atom stereocenters. The third-order valence-corrected chi connectivity index (χ3v) is 0.488. The van der Waals surface area contributed by atoms with E-state index in [9.17, 15) is 0 Å². The second-order valence-corrected chi connectivity index (χ2v) is 1.02. The van der Waals surface area contributed by atoms with Crippen LogP contribution >= 0.6 is 0 Å². The molecule has 7 heavy (non-hydrogen) atoms. The zero-order chi connectivity index (χ0) is 4.41. The average Bonchev–Trinajstić information content (AvgIpc) is 1.86. The van der Waals surface area contributed by atoms with Gasteiger partial charge in [-0.1, -0.05) is 0 Å². The van der Waals surface area contributed by atoms with E-state index >= 15 is 0 Å². The van der Waals surface area contributed by atoms with Crippen molar-refractivity contribution in [2.45, 2.75) is 0 Å². The van der Waals surface area contributed by atoms with E-state index < -0.39 is 0 Å². The molecule has 0 aliphatic rings. The summed E-state index contributed by atoms with van der Waals surface area (Å²) in [4.78, 5) is 0. The third-order valence-electron chi connectivity index (χ3n) is 0.488. The molecule has 0 N–H and O–H groups in total. The van der Waals surface area contributed by atoms with E-state index in [-0.39, 0.29) is 18.9 Å². The van der Waals surface area contributed by atoms with Crippen LogP contribution in [0.4, 0.5) is 0 Å². The average molecular weight is 89.0 g/mol. The van der Waals surface area contributed by atoms with Gasteiger partial charge in [0.25, 0.3) is 0 Å². The zero-order valence-corrected chi connectivity index (χ0v) is 4.42. The van der Waals surface area contributed by atoms with Gasteiger partial charge in [-0.2, -0.15) is 0 Å². The second kappa shape index (κ2) is 2.84. The number of rotatable bonds is 0. The second-order valence-electron chi connectivity index (χ2n) is 1.02. The standard InChI is InChI=1S/C3H4N3.Li/c1-6-3-2-4-5-6;/h3H,1H3;/q-1;+1. The molecular weight excluding hydrogens is 85.0 g/mol. The van der Waals surface area contributed by atoms with Crippen molar-refractivity contribution < 1.29 is 18.9 Å². The van der Waals surface area contributed by atoms with Crippen LogP contribution in [0, 0.1) is 6.20 Å². The summed E-state index contributed by atoms with van der Waals surface area (Å²) in [5.74, 6) is 0. The fourth-order valence-corrected chi connectivity index (χ4v) is 0.232. The van der Waals surface area contributed by atoms with Gasteiger partial charge in [-0.25, -0.2) is 0 Å². The van der Waals surface area contributed by atoms with E-state index in [0.717, 1.165) is 0 Å². The molecule has 0 aliphatic heterocycles. The molecule has 32 valence electrons. The van der Waals surface area contributed by atoms with Crippen LogP contribution in [-0.2, 0) is 7.05 Å². The number of hydrogen-bond donors (Lipinski definition) is 0. The van der Waals surface area contributed by atoms with Gasteiger partial charge < -0.3 is 11.3 Å². The molecule has 3 nitrogen and oxygen atoms in total. The summed E-state index contributed by atoms with van der Waals surface area (Å²) in [7, 11) is 1.80. The Bertz CT molecular complexity index is 114. The van der Waals surface area contributed by atoms with Gasteiger partial charge in [0.1, 0.15) is 0 Å². The number of aromatic nitrogens is 3. The number of nitrogens with zero attached hydrogens (tertiary/aromatic N) is 3. The molecule has 1 aromatic heterocycles. The minimum Gasteiger partial charge on any atom is -0.352 e. The van der Waals surface area contributed by atoms with E-state index in [4.69, 9.17) is 0 Å². The first kappa shape index (κ1) is 6.74. The molecular formula is C3H4LiN3. The summed E-state index contributed by atoms with van der Waals surface area (Å²) in [5.41, 5.74) is 0. The van der Waals surface area contributed by atoms with E-state index in [1.807, 2.05) is 0 Å². The summed E-state index contributed by atoms with van der Waals surface area (Å²) in [6.07, 6.45) is 4.18. The molecule has 0 aliphatic carbocycles. The first-order valence-electron chi connectivity index (χ1n) is 1.62. The van der Waals surface area contributed by atoms with E-state index in [0.29, 0.717) is 0 Å². The fourth-order valence-electron chi connectivity index (χ4n) is 0.232. The van der Waals surface area contributed by atoms with Crippen molar-refractivity contribution in [3.8, 4) is 0 Å². The minimum absolute atomic E-state index is 0. The zero-order valence-electron chi connectivity index (χ0n) is 4.42. The monoisotopic (exact) mass is 89.1 g/mol. The Morgan fingerprint density at radius 3 is 2.57 bits per heavy atom. The predicted octanol–water partition coefficient (Wildman–Crippen LogP) is -3.38. The van der Waals surface area contributed by atoms with Crippen molar-refractivity contribution in [3.63, 3.8) is 0 Å². The molecule has 0 saturated carbocycles. The van der Waals surface area contributed by atoms with Crippen molar-refractivity contribution in [1.82, 2.24) is 15.0 Å². The predicted molar refractivity (Wildman–Crippen MR) is 19.8 cm³/mol. The van der Waals surface area contributed by atoms with Crippen molar-refractivity contribution in [2.24, 2.45) is 7.05 Å². The van der Waals surface area contributed by atoms with Crippen LogP contribution in [0.25, 0.3) is 0 Å². The Kier molecular flexibility index (Phi) is 2.73. The van der Waals surface area contributed by atoms with Gasteiger partial charge in [0, 0.05) is 7.05 Å². The van der Waals surface area contributed by atoms with Crippen LogP contribution < -0.4 is 18.9 Å². The Morgan fingerprint density at radius 2 is 2.43 bits per heavy atom. The maximum atomic E-state index is 3.53. The Hall–Kier alpha value is -0.263. The van der Waals surface area contributed by atoms with Crippen molar-refractivity contribution in [1.29, 1.82) is 0 Å². The van der Waals surface area contributed by atoms with Crippen LogP contribution in [0.2, 0.25) is 0 Å². The van der Waals surface area contributed by atoms with E-state index in [2.05, 4.69) is 16.5 Å². The Labute approximate surface area is 53.9 Å². The molecule has 0 bridgehead atoms. The molecule has 0 aromatic carbocycles. The van der Waals surface area contributed by atoms with Crippen LogP contribution in [0.3, 0.4) is 0 Å². The maximum absolute atomic E-state index is 3.53. The molecule has 1 heterocycles. The molecule has 4 heteroatoms. The third kappa shape index (κ3) is 1.77. The van der Waals surface area contributed by atoms with Gasteiger partial charge >= 0.3 is 18.9 Å². The van der Waals surface area contributed by atoms with Gasteiger partial charge in [0.15, 0.2) is 0 Å². The summed E-state index contributed by atoms with van der Waals surface area (Å²) in [6, 6.07) is 0.